The lowest BCUT2D eigenvalue weighted by Gasteiger charge is -2.22. The molecule has 8 heteroatoms. The largest absolute Gasteiger partial charge is 0.497 e. The molecule has 2 heterocycles. The van der Waals surface area contributed by atoms with Crippen LogP contribution in [-0.2, 0) is 19.2 Å². The highest BCUT2D eigenvalue weighted by molar-refractivity contribution is 6.22. The first kappa shape index (κ1) is 23.8. The second-order valence-corrected chi connectivity index (χ2v) is 9.64. The van der Waals surface area contributed by atoms with Gasteiger partial charge in [-0.25, -0.2) is 4.90 Å². The van der Waals surface area contributed by atoms with E-state index in [-0.39, 0.29) is 48.4 Å². The second-order valence-electron chi connectivity index (χ2n) is 9.64. The number of hydrogen-bond donors (Lipinski definition) is 0. The summed E-state index contributed by atoms with van der Waals surface area (Å²) in [5.74, 6) is -1.28. The molecule has 3 aliphatic rings. The molecule has 0 spiro atoms. The number of carbonyl (C=O) groups is 4. The average Bonchev–Trinajstić information content (AvgIpc) is 3.37. The van der Waals surface area contributed by atoms with E-state index in [1.54, 1.807) is 61.4 Å². The first-order valence-corrected chi connectivity index (χ1v) is 12.1. The van der Waals surface area contributed by atoms with Gasteiger partial charge < -0.3 is 14.4 Å². The number of fused-ring (bicyclic) bond motifs is 1. The minimum atomic E-state index is -0.599. The predicted octanol–water partition coefficient (Wildman–Crippen LogP) is 3.66. The van der Waals surface area contributed by atoms with Crippen molar-refractivity contribution in [2.45, 2.75) is 26.7 Å². The zero-order valence-corrected chi connectivity index (χ0v) is 20.5. The molecule has 0 radical (unpaired) electrons. The second kappa shape index (κ2) is 9.26. The number of carbonyl (C=O) groups excluding carboxylic acids is 4. The smallest absolute Gasteiger partial charge is 0.316 e. The van der Waals surface area contributed by atoms with Crippen LogP contribution in [0.4, 0.5) is 11.4 Å². The van der Waals surface area contributed by atoms with E-state index in [1.165, 1.54) is 4.90 Å². The minimum Gasteiger partial charge on any atom is -0.497 e. The van der Waals surface area contributed by atoms with Gasteiger partial charge in [0.25, 0.3) is 0 Å². The number of esters is 1. The van der Waals surface area contributed by atoms with Gasteiger partial charge >= 0.3 is 5.97 Å². The number of methoxy groups -OCH3 is 1. The molecule has 8 nitrogen and oxygen atoms in total. The van der Waals surface area contributed by atoms with Crippen molar-refractivity contribution in [2.24, 2.45) is 23.7 Å². The van der Waals surface area contributed by atoms with Crippen molar-refractivity contribution in [3.05, 3.63) is 60.2 Å². The standard InChI is InChI=1S/C28H28N2O6/c1-16-5-4-6-22-25(16)27(33)30(26(22)32)23-12-11-21(13-17(23)2)36-28(34)18-14-24(31)29(15-18)19-7-9-20(35-3)10-8-19/h4-5,7-13,16,18,22,25H,6,14-15H2,1-3H3/t16-,18+,22+,25+/m0/s1. The fourth-order valence-corrected chi connectivity index (χ4v) is 5.40. The minimum absolute atomic E-state index is 0.0114. The zero-order chi connectivity index (χ0) is 25.6. The maximum absolute atomic E-state index is 13.1. The Morgan fingerprint density at radius 2 is 1.72 bits per heavy atom. The lowest BCUT2D eigenvalue weighted by atomic mass is 9.78. The van der Waals surface area contributed by atoms with E-state index in [0.29, 0.717) is 34.9 Å². The number of allylic oxidation sites excluding steroid dienone is 2. The van der Waals surface area contributed by atoms with Crippen LogP contribution in [-0.4, -0.2) is 37.3 Å². The lowest BCUT2D eigenvalue weighted by molar-refractivity contribution is -0.139. The van der Waals surface area contributed by atoms with Crippen LogP contribution in [0.2, 0.25) is 0 Å². The third kappa shape index (κ3) is 4.06. The lowest BCUT2D eigenvalue weighted by Crippen LogP contribution is -2.32. The third-order valence-electron chi connectivity index (χ3n) is 7.34. The van der Waals surface area contributed by atoms with E-state index in [0.717, 1.165) is 0 Å². The molecule has 5 rings (SSSR count). The number of amides is 3. The van der Waals surface area contributed by atoms with E-state index in [4.69, 9.17) is 9.47 Å². The quantitative estimate of drug-likeness (QED) is 0.276. The number of nitrogens with zero attached hydrogens (tertiary/aromatic N) is 2. The van der Waals surface area contributed by atoms with E-state index in [1.807, 2.05) is 19.1 Å². The highest BCUT2D eigenvalue weighted by Crippen LogP contribution is 2.41. The molecule has 2 fully saturated rings. The molecule has 0 unspecified atom stereocenters. The maximum atomic E-state index is 13.1. The van der Waals surface area contributed by atoms with Gasteiger partial charge in [0.05, 0.1) is 30.6 Å². The van der Waals surface area contributed by atoms with Gasteiger partial charge in [0.15, 0.2) is 0 Å². The molecule has 36 heavy (non-hydrogen) atoms. The van der Waals surface area contributed by atoms with Crippen LogP contribution in [0.1, 0.15) is 25.3 Å². The van der Waals surface area contributed by atoms with E-state index >= 15 is 0 Å². The fourth-order valence-electron chi connectivity index (χ4n) is 5.40. The topological polar surface area (TPSA) is 93.2 Å². The van der Waals surface area contributed by atoms with E-state index in [9.17, 15) is 19.2 Å². The first-order valence-electron chi connectivity index (χ1n) is 12.1. The predicted molar refractivity (Wildman–Crippen MR) is 133 cm³/mol. The number of ether oxygens (including phenoxy) is 2. The summed E-state index contributed by atoms with van der Waals surface area (Å²) in [5.41, 5.74) is 1.86. The van der Waals surface area contributed by atoms with Gasteiger partial charge in [-0.1, -0.05) is 19.1 Å². The highest BCUT2D eigenvalue weighted by atomic mass is 16.5. The summed E-state index contributed by atoms with van der Waals surface area (Å²) < 4.78 is 10.8. The fraction of sp³-hybridized carbons (Fsp3) is 0.357. The van der Waals surface area contributed by atoms with Crippen LogP contribution in [0.5, 0.6) is 11.5 Å². The SMILES string of the molecule is COc1ccc(N2C[C@H](C(=O)Oc3ccc(N4C(=O)[C@@H]5[C@@H](C)C=CC[C@H]5C4=O)c(C)c3)CC2=O)cc1. The van der Waals surface area contributed by atoms with Gasteiger partial charge in [0.1, 0.15) is 11.5 Å². The summed E-state index contributed by atoms with van der Waals surface area (Å²) >= 11 is 0. The first-order chi connectivity index (χ1) is 17.3. The van der Waals surface area contributed by atoms with Crippen molar-refractivity contribution in [2.75, 3.05) is 23.5 Å². The Morgan fingerprint density at radius 1 is 1.00 bits per heavy atom. The average molecular weight is 489 g/mol. The highest BCUT2D eigenvalue weighted by Gasteiger charge is 2.50. The molecule has 2 saturated heterocycles. The summed E-state index contributed by atoms with van der Waals surface area (Å²) in [5, 5.41) is 0. The van der Waals surface area contributed by atoms with Gasteiger partial charge in [0, 0.05) is 18.7 Å². The van der Waals surface area contributed by atoms with E-state index in [2.05, 4.69) is 0 Å². The van der Waals surface area contributed by atoms with Crippen molar-refractivity contribution in [1.82, 2.24) is 0 Å². The summed E-state index contributed by atoms with van der Waals surface area (Å²) in [7, 11) is 1.57. The molecule has 2 aliphatic heterocycles. The number of aryl methyl sites for hydroxylation is 1. The molecule has 1 aliphatic carbocycles. The molecule has 0 N–H and O–H groups in total. The monoisotopic (exact) mass is 488 g/mol. The summed E-state index contributed by atoms with van der Waals surface area (Å²) in [4.78, 5) is 54.4. The Hall–Kier alpha value is -3.94. The van der Waals surface area contributed by atoms with Gasteiger partial charge in [-0.15, -0.1) is 0 Å². The molecule has 2 aromatic rings. The van der Waals surface area contributed by atoms with Crippen LogP contribution in [0, 0.1) is 30.6 Å². The van der Waals surface area contributed by atoms with E-state index < -0.39 is 11.9 Å². The Kier molecular flexibility index (Phi) is 6.12. The van der Waals surface area contributed by atoms with Crippen LogP contribution in [0.15, 0.2) is 54.6 Å². The Morgan fingerprint density at radius 3 is 2.39 bits per heavy atom. The number of hydrogen-bond acceptors (Lipinski definition) is 6. The zero-order valence-electron chi connectivity index (χ0n) is 20.5. The van der Waals surface area contributed by atoms with Crippen molar-refractivity contribution >= 4 is 35.1 Å². The molecule has 0 bridgehead atoms. The van der Waals surface area contributed by atoms with Crippen LogP contribution in [0.3, 0.4) is 0 Å². The summed E-state index contributed by atoms with van der Waals surface area (Å²) in [6.45, 7) is 3.97. The van der Waals surface area contributed by atoms with Gasteiger partial charge in [-0.2, -0.15) is 0 Å². The summed E-state index contributed by atoms with van der Waals surface area (Å²) in [6, 6.07) is 12.0. The Balaban J connectivity index is 1.27. The number of rotatable bonds is 5. The van der Waals surface area contributed by atoms with Gasteiger partial charge in [-0.3, -0.25) is 19.2 Å². The number of imide groups is 1. The van der Waals surface area contributed by atoms with Crippen molar-refractivity contribution < 1.29 is 28.7 Å². The molecular formula is C28H28N2O6. The molecule has 4 atom stereocenters. The molecular weight excluding hydrogens is 460 g/mol. The molecule has 3 amide bonds. The molecule has 2 aromatic carbocycles. The van der Waals surface area contributed by atoms with Crippen LogP contribution < -0.4 is 19.3 Å². The van der Waals surface area contributed by atoms with Crippen LogP contribution in [0.25, 0.3) is 0 Å². The third-order valence-corrected chi connectivity index (χ3v) is 7.34. The number of anilines is 2. The molecule has 0 saturated carbocycles. The summed E-state index contributed by atoms with van der Waals surface area (Å²) in [6.07, 6.45) is 4.60. The Labute approximate surface area is 209 Å². The van der Waals surface area contributed by atoms with Gasteiger partial charge in [-0.05, 0) is 67.3 Å². The van der Waals surface area contributed by atoms with Crippen molar-refractivity contribution in [3.63, 3.8) is 0 Å². The normalized spacial score (nSPS) is 25.4. The van der Waals surface area contributed by atoms with Crippen molar-refractivity contribution in [3.8, 4) is 11.5 Å². The molecule has 0 aromatic heterocycles. The number of benzene rings is 2. The molecule has 186 valence electrons. The van der Waals surface area contributed by atoms with Gasteiger partial charge in [0.2, 0.25) is 17.7 Å². The Bertz CT molecular complexity index is 1270. The van der Waals surface area contributed by atoms with Crippen LogP contribution >= 0.6 is 0 Å². The van der Waals surface area contributed by atoms with Crippen molar-refractivity contribution in [1.29, 1.82) is 0 Å². The maximum Gasteiger partial charge on any atom is 0.316 e.